The molecule has 4 rings (SSSR count). The first-order chi connectivity index (χ1) is 15.5. The van der Waals surface area contributed by atoms with Crippen LogP contribution in [0.1, 0.15) is 11.1 Å². The van der Waals surface area contributed by atoms with E-state index in [1.54, 1.807) is 48.5 Å². The summed E-state index contributed by atoms with van der Waals surface area (Å²) in [5, 5.41) is 1.98. The fourth-order valence-corrected chi connectivity index (χ4v) is 4.10. The van der Waals surface area contributed by atoms with Crippen LogP contribution in [-0.2, 0) is 16.7 Å². The molecule has 33 heavy (non-hydrogen) atoms. The molecule has 1 heterocycles. The Morgan fingerprint density at radius 2 is 1.58 bits per heavy atom. The van der Waals surface area contributed by atoms with Gasteiger partial charge in [0.2, 0.25) is 5.75 Å². The Morgan fingerprint density at radius 3 is 2.15 bits per heavy atom. The van der Waals surface area contributed by atoms with Gasteiger partial charge in [0.1, 0.15) is 5.75 Å². The van der Waals surface area contributed by atoms with E-state index in [-0.39, 0.29) is 12.1 Å². The highest BCUT2D eigenvalue weighted by Gasteiger charge is 2.49. The molecule has 6 nitrogen and oxygen atoms in total. The smallest absolute Gasteiger partial charge is 0.497 e. The Hall–Kier alpha value is -3.53. The number of rotatable bonds is 5. The average molecular weight is 477 g/mol. The van der Waals surface area contributed by atoms with E-state index in [2.05, 4.69) is 4.18 Å². The van der Waals surface area contributed by atoms with Crippen LogP contribution in [0.25, 0.3) is 21.7 Å². The van der Waals surface area contributed by atoms with Crippen LogP contribution in [0.3, 0.4) is 0 Å². The molecule has 0 saturated heterocycles. The summed E-state index contributed by atoms with van der Waals surface area (Å²) in [7, 11) is -4.53. The van der Waals surface area contributed by atoms with Crippen LogP contribution in [0, 0.1) is 6.92 Å². The van der Waals surface area contributed by atoms with Gasteiger partial charge in [-0.05, 0) is 47.5 Å². The number of aromatic nitrogens is 1. The predicted molar refractivity (Wildman–Crippen MR) is 118 cm³/mol. The SMILES string of the molecule is COc1ccc(Cn2c(=O)c(OS(=O)(=O)C(F)(F)F)c(C)c3cc4ccccc4cc32)cc1. The summed E-state index contributed by atoms with van der Waals surface area (Å²) in [6.45, 7) is 1.33. The average Bonchev–Trinajstić information content (AvgIpc) is 2.78. The largest absolute Gasteiger partial charge is 0.534 e. The second-order valence-corrected chi connectivity index (χ2v) is 8.93. The number of hydrogen-bond donors (Lipinski definition) is 0. The van der Waals surface area contributed by atoms with E-state index in [0.717, 1.165) is 10.8 Å². The van der Waals surface area contributed by atoms with Crippen molar-refractivity contribution in [2.45, 2.75) is 19.0 Å². The standard InChI is InChI=1S/C23H18F3NO5S/c1-14-19-11-16-5-3-4-6-17(16)12-20(19)27(13-15-7-9-18(31-2)10-8-15)22(28)21(14)32-33(29,30)23(24,25)26/h3-12H,13H2,1-2H3. The van der Waals surface area contributed by atoms with E-state index >= 15 is 0 Å². The number of benzene rings is 3. The normalized spacial score (nSPS) is 12.3. The van der Waals surface area contributed by atoms with Crippen LogP contribution in [0.5, 0.6) is 11.5 Å². The molecule has 0 aliphatic carbocycles. The maximum atomic E-state index is 13.3. The molecule has 0 aliphatic rings. The van der Waals surface area contributed by atoms with Gasteiger partial charge < -0.3 is 13.5 Å². The number of ether oxygens (including phenoxy) is 1. The van der Waals surface area contributed by atoms with Crippen molar-refractivity contribution in [1.82, 2.24) is 4.57 Å². The lowest BCUT2D eigenvalue weighted by Gasteiger charge is -2.18. The summed E-state index contributed by atoms with van der Waals surface area (Å²) in [4.78, 5) is 13.3. The van der Waals surface area contributed by atoms with Crippen molar-refractivity contribution in [1.29, 1.82) is 0 Å². The maximum absolute atomic E-state index is 13.3. The Labute approximate surface area is 186 Å². The van der Waals surface area contributed by atoms with Gasteiger partial charge in [-0.15, -0.1) is 0 Å². The number of methoxy groups -OCH3 is 1. The monoisotopic (exact) mass is 477 g/mol. The highest BCUT2D eigenvalue weighted by Crippen LogP contribution is 2.32. The van der Waals surface area contributed by atoms with Gasteiger partial charge in [-0.2, -0.15) is 21.6 Å². The zero-order valence-electron chi connectivity index (χ0n) is 17.5. The van der Waals surface area contributed by atoms with Gasteiger partial charge in [0.25, 0.3) is 5.56 Å². The van der Waals surface area contributed by atoms with E-state index in [4.69, 9.17) is 4.74 Å². The minimum Gasteiger partial charge on any atom is -0.497 e. The van der Waals surface area contributed by atoms with Gasteiger partial charge in [0.15, 0.2) is 0 Å². The number of fused-ring (bicyclic) bond motifs is 2. The van der Waals surface area contributed by atoms with Crippen molar-refractivity contribution >= 4 is 31.8 Å². The van der Waals surface area contributed by atoms with Gasteiger partial charge in [-0.25, -0.2) is 0 Å². The Balaban J connectivity index is 2.00. The molecule has 4 aromatic rings. The number of alkyl halides is 3. The molecule has 0 aliphatic heterocycles. The highest BCUT2D eigenvalue weighted by molar-refractivity contribution is 7.88. The molecule has 0 N–H and O–H groups in total. The lowest BCUT2D eigenvalue weighted by molar-refractivity contribution is -0.0500. The van der Waals surface area contributed by atoms with E-state index in [1.165, 1.54) is 18.6 Å². The molecule has 0 atom stereocenters. The molecular weight excluding hydrogens is 459 g/mol. The molecule has 172 valence electrons. The summed E-state index contributed by atoms with van der Waals surface area (Å²) in [6.07, 6.45) is 0. The van der Waals surface area contributed by atoms with E-state index < -0.39 is 26.9 Å². The van der Waals surface area contributed by atoms with Crippen LogP contribution in [0.15, 0.2) is 65.5 Å². The summed E-state index contributed by atoms with van der Waals surface area (Å²) in [5.41, 5.74) is -5.58. The van der Waals surface area contributed by atoms with E-state index in [9.17, 15) is 26.4 Å². The molecule has 0 fully saturated rings. The third-order valence-corrected chi connectivity index (χ3v) is 6.27. The Morgan fingerprint density at radius 1 is 0.970 bits per heavy atom. The topological polar surface area (TPSA) is 74.6 Å². The lowest BCUT2D eigenvalue weighted by Crippen LogP contribution is -2.32. The van der Waals surface area contributed by atoms with Crippen molar-refractivity contribution in [3.05, 3.63) is 82.1 Å². The molecule has 0 spiro atoms. The number of pyridine rings is 1. The van der Waals surface area contributed by atoms with Gasteiger partial charge in [0, 0.05) is 10.9 Å². The predicted octanol–water partition coefficient (Wildman–Crippen LogP) is 4.75. The molecule has 10 heteroatoms. The summed E-state index contributed by atoms with van der Waals surface area (Å²) in [6, 6.07) is 17.4. The number of hydrogen-bond acceptors (Lipinski definition) is 5. The Kier molecular flexibility index (Phi) is 5.57. The lowest BCUT2D eigenvalue weighted by atomic mass is 10.0. The van der Waals surface area contributed by atoms with Crippen molar-refractivity contribution in [2.75, 3.05) is 7.11 Å². The molecule has 0 bridgehead atoms. The molecule has 3 aromatic carbocycles. The third-order valence-electron chi connectivity index (χ3n) is 5.32. The van der Waals surface area contributed by atoms with Crippen LogP contribution in [-0.4, -0.2) is 25.6 Å². The first-order valence-corrected chi connectivity index (χ1v) is 11.1. The van der Waals surface area contributed by atoms with Crippen LogP contribution in [0.2, 0.25) is 0 Å². The number of halogens is 3. The van der Waals surface area contributed by atoms with Crippen molar-refractivity contribution in [3.8, 4) is 11.5 Å². The summed E-state index contributed by atoms with van der Waals surface area (Å²) < 4.78 is 73.1. The minimum absolute atomic E-state index is 0.000408. The van der Waals surface area contributed by atoms with Crippen LogP contribution < -0.4 is 14.5 Å². The van der Waals surface area contributed by atoms with Gasteiger partial charge >= 0.3 is 15.6 Å². The zero-order chi connectivity index (χ0) is 24.0. The molecule has 0 saturated carbocycles. The molecular formula is C23H18F3NO5S. The second kappa shape index (κ2) is 8.11. The van der Waals surface area contributed by atoms with Gasteiger partial charge in [0.05, 0.1) is 19.2 Å². The fourth-order valence-electron chi connectivity index (χ4n) is 3.59. The quantitative estimate of drug-likeness (QED) is 0.236. The first-order valence-electron chi connectivity index (χ1n) is 9.71. The molecule has 0 radical (unpaired) electrons. The van der Waals surface area contributed by atoms with E-state index in [1.807, 2.05) is 12.1 Å². The molecule has 1 aromatic heterocycles. The zero-order valence-corrected chi connectivity index (χ0v) is 18.3. The molecule has 0 amide bonds. The fraction of sp³-hybridized carbons (Fsp3) is 0.174. The molecule has 0 unspecified atom stereocenters. The second-order valence-electron chi connectivity index (χ2n) is 7.39. The summed E-state index contributed by atoms with van der Waals surface area (Å²) >= 11 is 0. The van der Waals surface area contributed by atoms with Crippen molar-refractivity contribution in [2.24, 2.45) is 0 Å². The minimum atomic E-state index is -6.04. The van der Waals surface area contributed by atoms with Crippen molar-refractivity contribution < 1.29 is 30.5 Å². The number of aryl methyl sites for hydroxylation is 1. The summed E-state index contributed by atoms with van der Waals surface area (Å²) in [5.74, 6) is -0.297. The van der Waals surface area contributed by atoms with Gasteiger partial charge in [-0.1, -0.05) is 36.4 Å². The Bertz CT molecular complexity index is 1520. The third kappa shape index (κ3) is 4.13. The highest BCUT2D eigenvalue weighted by atomic mass is 32.2. The van der Waals surface area contributed by atoms with Crippen LogP contribution >= 0.6 is 0 Å². The number of nitrogens with zero attached hydrogens (tertiary/aromatic N) is 1. The van der Waals surface area contributed by atoms with Gasteiger partial charge in [-0.3, -0.25) is 4.79 Å². The van der Waals surface area contributed by atoms with Crippen LogP contribution in [0.4, 0.5) is 13.2 Å². The first kappa shape index (κ1) is 22.7. The van der Waals surface area contributed by atoms with Crippen molar-refractivity contribution in [3.63, 3.8) is 0 Å². The maximum Gasteiger partial charge on any atom is 0.534 e. The van der Waals surface area contributed by atoms with E-state index in [0.29, 0.717) is 22.2 Å².